The van der Waals surface area contributed by atoms with Gasteiger partial charge in [0.15, 0.2) is 11.3 Å². The van der Waals surface area contributed by atoms with Gasteiger partial charge in [-0.25, -0.2) is 4.79 Å². The van der Waals surface area contributed by atoms with Crippen LogP contribution in [0.5, 0.6) is 0 Å². The molecule has 1 aliphatic heterocycles. The lowest BCUT2D eigenvalue weighted by Crippen LogP contribution is -2.50. The van der Waals surface area contributed by atoms with Crippen molar-refractivity contribution >= 4 is 22.9 Å². The van der Waals surface area contributed by atoms with Crippen LogP contribution in [0.2, 0.25) is 0 Å². The highest BCUT2D eigenvalue weighted by atomic mass is 16.4. The molecule has 0 radical (unpaired) electrons. The summed E-state index contributed by atoms with van der Waals surface area (Å²) in [6.07, 6.45) is 1.46. The minimum atomic E-state index is -0.551. The fraction of sp³-hybridized carbons (Fsp3) is 0.235. The maximum atomic E-state index is 12.6. The van der Waals surface area contributed by atoms with Gasteiger partial charge >= 0.3 is 5.76 Å². The minimum absolute atomic E-state index is 0.157. The zero-order chi connectivity index (χ0) is 17.4. The Bertz CT molecular complexity index is 977. The minimum Gasteiger partial charge on any atom is -0.459 e. The lowest BCUT2D eigenvalue weighted by atomic mass is 10.1. The van der Waals surface area contributed by atoms with Crippen LogP contribution in [0.15, 0.2) is 50.2 Å². The van der Waals surface area contributed by atoms with E-state index < -0.39 is 5.76 Å². The second kappa shape index (κ2) is 5.97. The van der Waals surface area contributed by atoms with E-state index in [2.05, 4.69) is 4.98 Å². The van der Waals surface area contributed by atoms with Crippen LogP contribution in [0.4, 0.5) is 0 Å². The quantitative estimate of drug-likeness (QED) is 0.757. The third-order valence-electron chi connectivity index (χ3n) is 4.25. The topological polar surface area (TPSA) is 99.8 Å². The summed E-state index contributed by atoms with van der Waals surface area (Å²) in [7, 11) is 0. The van der Waals surface area contributed by atoms with E-state index in [-0.39, 0.29) is 11.8 Å². The largest absolute Gasteiger partial charge is 0.459 e. The van der Waals surface area contributed by atoms with Crippen LogP contribution in [0.3, 0.4) is 0 Å². The first-order valence-corrected chi connectivity index (χ1v) is 7.87. The van der Waals surface area contributed by atoms with E-state index in [1.807, 2.05) is 0 Å². The van der Waals surface area contributed by atoms with Crippen LogP contribution >= 0.6 is 0 Å². The van der Waals surface area contributed by atoms with Gasteiger partial charge in [0.1, 0.15) is 0 Å². The number of hydrogen-bond acceptors (Lipinski definition) is 5. The van der Waals surface area contributed by atoms with Crippen LogP contribution in [-0.2, 0) is 0 Å². The smallest absolute Gasteiger partial charge is 0.417 e. The number of oxazole rings is 1. The summed E-state index contributed by atoms with van der Waals surface area (Å²) >= 11 is 0. The van der Waals surface area contributed by atoms with Gasteiger partial charge in [0.2, 0.25) is 0 Å². The van der Waals surface area contributed by atoms with Crippen molar-refractivity contribution < 1.29 is 18.4 Å². The van der Waals surface area contributed by atoms with Crippen molar-refractivity contribution in [1.29, 1.82) is 0 Å². The van der Waals surface area contributed by atoms with E-state index in [4.69, 9.17) is 8.83 Å². The zero-order valence-electron chi connectivity index (χ0n) is 13.2. The summed E-state index contributed by atoms with van der Waals surface area (Å²) < 4.78 is 10.1. The average Bonchev–Trinajstić information content (AvgIpc) is 3.28. The number of carbonyl (C=O) groups excluding carboxylic acids is 2. The molecule has 1 aliphatic rings. The Morgan fingerprint density at radius 3 is 2.40 bits per heavy atom. The van der Waals surface area contributed by atoms with Crippen molar-refractivity contribution in [2.75, 3.05) is 26.2 Å². The molecule has 0 aliphatic carbocycles. The molecule has 2 aromatic heterocycles. The number of aromatic nitrogens is 1. The van der Waals surface area contributed by atoms with Crippen molar-refractivity contribution in [3.8, 4) is 0 Å². The first-order chi connectivity index (χ1) is 12.1. The van der Waals surface area contributed by atoms with E-state index in [0.29, 0.717) is 48.6 Å². The molecule has 25 heavy (non-hydrogen) atoms. The summed E-state index contributed by atoms with van der Waals surface area (Å²) in [5, 5.41) is 0. The lowest BCUT2D eigenvalue weighted by Gasteiger charge is -2.34. The number of H-pyrrole nitrogens is 1. The van der Waals surface area contributed by atoms with E-state index in [0.717, 1.165) is 0 Å². The monoisotopic (exact) mass is 341 g/mol. The molecule has 0 bridgehead atoms. The fourth-order valence-corrected chi connectivity index (χ4v) is 2.93. The van der Waals surface area contributed by atoms with Gasteiger partial charge in [-0.3, -0.25) is 14.6 Å². The number of aromatic amines is 1. The maximum Gasteiger partial charge on any atom is 0.417 e. The Kier molecular flexibility index (Phi) is 3.64. The molecule has 128 valence electrons. The molecule has 0 spiro atoms. The number of rotatable bonds is 2. The van der Waals surface area contributed by atoms with Crippen LogP contribution in [-0.4, -0.2) is 52.8 Å². The Balaban J connectivity index is 1.45. The van der Waals surface area contributed by atoms with Crippen LogP contribution in [0.25, 0.3) is 11.1 Å². The van der Waals surface area contributed by atoms with Crippen molar-refractivity contribution in [2.24, 2.45) is 0 Å². The highest BCUT2D eigenvalue weighted by Gasteiger charge is 2.26. The number of furan rings is 1. The van der Waals surface area contributed by atoms with Gasteiger partial charge in [-0.15, -0.1) is 0 Å². The third kappa shape index (κ3) is 2.82. The predicted octanol–water partition coefficient (Wildman–Crippen LogP) is 1.31. The van der Waals surface area contributed by atoms with Gasteiger partial charge in [0.05, 0.1) is 11.8 Å². The molecule has 2 amide bonds. The van der Waals surface area contributed by atoms with E-state index >= 15 is 0 Å². The molecule has 4 rings (SSSR count). The summed E-state index contributed by atoms with van der Waals surface area (Å²) in [5.74, 6) is -0.583. The molecule has 1 saturated heterocycles. The third-order valence-corrected chi connectivity index (χ3v) is 4.25. The normalized spacial score (nSPS) is 14.9. The Hall–Kier alpha value is -3.29. The fourth-order valence-electron chi connectivity index (χ4n) is 2.93. The summed E-state index contributed by atoms with van der Waals surface area (Å²) in [5.41, 5.74) is 1.35. The molecule has 1 N–H and O–H groups in total. The molecular weight excluding hydrogens is 326 g/mol. The van der Waals surface area contributed by atoms with Crippen LogP contribution in [0.1, 0.15) is 20.9 Å². The van der Waals surface area contributed by atoms with Gasteiger partial charge in [-0.1, -0.05) is 0 Å². The Morgan fingerprint density at radius 1 is 1.00 bits per heavy atom. The summed E-state index contributed by atoms with van der Waals surface area (Å²) in [4.78, 5) is 42.0. The summed E-state index contributed by atoms with van der Waals surface area (Å²) in [6, 6.07) is 8.14. The number of amides is 2. The molecular formula is C17H15N3O5. The van der Waals surface area contributed by atoms with E-state index in [9.17, 15) is 14.4 Å². The molecule has 3 heterocycles. The molecule has 0 saturated carbocycles. The van der Waals surface area contributed by atoms with Gasteiger partial charge in [-0.2, -0.15) is 0 Å². The van der Waals surface area contributed by atoms with Gasteiger partial charge in [0, 0.05) is 31.7 Å². The molecule has 8 heteroatoms. The maximum absolute atomic E-state index is 12.6. The van der Waals surface area contributed by atoms with Crippen molar-refractivity contribution in [1.82, 2.24) is 14.8 Å². The number of piperazine rings is 1. The average molecular weight is 341 g/mol. The molecule has 8 nitrogen and oxygen atoms in total. The van der Waals surface area contributed by atoms with Gasteiger partial charge in [0.25, 0.3) is 11.8 Å². The predicted molar refractivity (Wildman–Crippen MR) is 87.3 cm³/mol. The summed E-state index contributed by atoms with van der Waals surface area (Å²) in [6.45, 7) is 1.74. The lowest BCUT2D eigenvalue weighted by molar-refractivity contribution is 0.0518. The first-order valence-electron chi connectivity index (χ1n) is 7.87. The standard InChI is InChI=1S/C17H15N3O5/c21-15(11-3-4-12-14(10-11)25-17(23)18-12)19-5-7-20(8-6-19)16(22)13-2-1-9-24-13/h1-4,9-10H,5-8H2,(H,18,23). The van der Waals surface area contributed by atoms with Gasteiger partial charge < -0.3 is 18.6 Å². The number of fused-ring (bicyclic) bond motifs is 1. The Morgan fingerprint density at radius 2 is 1.72 bits per heavy atom. The number of benzene rings is 1. The molecule has 0 atom stereocenters. The van der Waals surface area contributed by atoms with Crippen molar-refractivity contribution in [3.63, 3.8) is 0 Å². The van der Waals surface area contributed by atoms with Crippen molar-refractivity contribution in [3.05, 3.63) is 58.5 Å². The highest BCUT2D eigenvalue weighted by molar-refractivity contribution is 5.97. The van der Waals surface area contributed by atoms with Crippen LogP contribution in [0, 0.1) is 0 Å². The molecule has 1 fully saturated rings. The second-order valence-corrected chi connectivity index (χ2v) is 5.79. The first kappa shape index (κ1) is 15.3. The number of nitrogens with zero attached hydrogens (tertiary/aromatic N) is 2. The van der Waals surface area contributed by atoms with E-state index in [1.165, 1.54) is 6.26 Å². The molecule has 1 aromatic carbocycles. The SMILES string of the molecule is O=C(c1ccc2[nH]c(=O)oc2c1)N1CCN(C(=O)c2ccco2)CC1. The van der Waals surface area contributed by atoms with E-state index in [1.54, 1.807) is 40.1 Å². The second-order valence-electron chi connectivity index (χ2n) is 5.79. The zero-order valence-corrected chi connectivity index (χ0v) is 13.2. The number of nitrogens with one attached hydrogen (secondary N) is 1. The Labute approximate surface area is 141 Å². The number of hydrogen-bond donors (Lipinski definition) is 1. The highest BCUT2D eigenvalue weighted by Crippen LogP contribution is 2.16. The molecule has 0 unspecified atom stereocenters. The van der Waals surface area contributed by atoms with Crippen molar-refractivity contribution in [2.45, 2.75) is 0 Å². The number of carbonyl (C=O) groups is 2. The van der Waals surface area contributed by atoms with Crippen LogP contribution < -0.4 is 5.76 Å². The molecule has 3 aromatic rings. The van der Waals surface area contributed by atoms with Gasteiger partial charge in [-0.05, 0) is 30.3 Å².